The number of aromatic nitrogens is 2. The standard InChI is InChI=1S/C8H16N4O3S/c9-2-1-4-12-5-3-11-8(12)7(6-10)16(13,14)15/h3,5,7H,1-2,4,6,9-10H2,(H,13,14,15). The van der Waals surface area contributed by atoms with Crippen molar-refractivity contribution in [3.8, 4) is 0 Å². The number of hydrogen-bond donors (Lipinski definition) is 3. The first-order chi connectivity index (χ1) is 7.50. The second-order valence-corrected chi connectivity index (χ2v) is 4.96. The summed E-state index contributed by atoms with van der Waals surface area (Å²) in [5.74, 6) is 0.249. The Balaban J connectivity index is 2.97. The average Bonchev–Trinajstić information content (AvgIpc) is 2.62. The van der Waals surface area contributed by atoms with Crippen molar-refractivity contribution in [2.24, 2.45) is 11.5 Å². The zero-order valence-electron chi connectivity index (χ0n) is 8.78. The van der Waals surface area contributed by atoms with Crippen molar-refractivity contribution in [1.29, 1.82) is 0 Å². The Kier molecular flexibility index (Phi) is 4.42. The molecule has 0 aliphatic carbocycles. The normalized spacial score (nSPS) is 13.9. The third-order valence-corrected chi connectivity index (χ3v) is 3.33. The van der Waals surface area contributed by atoms with E-state index < -0.39 is 15.4 Å². The van der Waals surface area contributed by atoms with Gasteiger partial charge in [0.25, 0.3) is 10.1 Å². The summed E-state index contributed by atoms with van der Waals surface area (Å²) in [7, 11) is -4.23. The van der Waals surface area contributed by atoms with Gasteiger partial charge >= 0.3 is 0 Å². The molecule has 16 heavy (non-hydrogen) atoms. The van der Waals surface area contributed by atoms with Crippen molar-refractivity contribution < 1.29 is 13.0 Å². The van der Waals surface area contributed by atoms with Crippen LogP contribution in [-0.4, -0.2) is 35.6 Å². The van der Waals surface area contributed by atoms with Crippen LogP contribution in [0.4, 0.5) is 0 Å². The minimum absolute atomic E-state index is 0.210. The molecule has 1 unspecified atom stereocenters. The quantitative estimate of drug-likeness (QED) is 0.561. The second kappa shape index (κ2) is 5.39. The molecule has 0 spiro atoms. The van der Waals surface area contributed by atoms with Gasteiger partial charge in [-0.15, -0.1) is 0 Å². The number of aryl methyl sites for hydroxylation is 1. The van der Waals surface area contributed by atoms with Gasteiger partial charge in [-0.2, -0.15) is 8.42 Å². The Bertz CT molecular complexity index is 428. The van der Waals surface area contributed by atoms with Crippen LogP contribution < -0.4 is 11.5 Å². The molecule has 8 heteroatoms. The zero-order valence-corrected chi connectivity index (χ0v) is 9.60. The summed E-state index contributed by atoms with van der Waals surface area (Å²) < 4.78 is 32.8. The second-order valence-electron chi connectivity index (χ2n) is 3.36. The smallest absolute Gasteiger partial charge is 0.276 e. The summed E-state index contributed by atoms with van der Waals surface area (Å²) in [6.07, 6.45) is 3.81. The SMILES string of the molecule is NCCCn1ccnc1C(CN)S(=O)(=O)O. The van der Waals surface area contributed by atoms with Crippen molar-refractivity contribution in [3.63, 3.8) is 0 Å². The van der Waals surface area contributed by atoms with Crippen LogP contribution in [0, 0.1) is 0 Å². The first kappa shape index (κ1) is 13.1. The topological polar surface area (TPSA) is 124 Å². The maximum atomic E-state index is 11.1. The largest absolute Gasteiger partial charge is 0.334 e. The van der Waals surface area contributed by atoms with E-state index in [0.717, 1.165) is 0 Å². The van der Waals surface area contributed by atoms with Crippen LogP contribution in [0.15, 0.2) is 12.4 Å². The van der Waals surface area contributed by atoms with Gasteiger partial charge in [0.15, 0.2) is 5.25 Å². The van der Waals surface area contributed by atoms with Gasteiger partial charge in [0, 0.05) is 25.5 Å². The van der Waals surface area contributed by atoms with Gasteiger partial charge in [-0.05, 0) is 13.0 Å². The molecular weight excluding hydrogens is 232 g/mol. The molecule has 1 atom stereocenters. The van der Waals surface area contributed by atoms with E-state index in [0.29, 0.717) is 19.5 Å². The molecule has 0 saturated carbocycles. The van der Waals surface area contributed by atoms with E-state index in [2.05, 4.69) is 4.98 Å². The third-order valence-electron chi connectivity index (χ3n) is 2.21. The fourth-order valence-electron chi connectivity index (χ4n) is 1.42. The molecule has 1 heterocycles. The molecule has 5 N–H and O–H groups in total. The molecule has 1 rings (SSSR count). The lowest BCUT2D eigenvalue weighted by atomic mass is 10.3. The molecule has 1 aromatic rings. The van der Waals surface area contributed by atoms with Crippen molar-refractivity contribution >= 4 is 10.1 Å². The molecule has 0 radical (unpaired) electrons. The number of hydrogen-bond acceptors (Lipinski definition) is 5. The van der Waals surface area contributed by atoms with E-state index in [-0.39, 0.29) is 12.4 Å². The lowest BCUT2D eigenvalue weighted by Crippen LogP contribution is -2.25. The summed E-state index contributed by atoms with van der Waals surface area (Å²) in [6.45, 7) is 0.840. The molecule has 0 aliphatic heterocycles. The van der Waals surface area contributed by atoms with E-state index in [4.69, 9.17) is 16.0 Å². The molecule has 0 aliphatic rings. The first-order valence-electron chi connectivity index (χ1n) is 4.88. The fraction of sp³-hybridized carbons (Fsp3) is 0.625. The maximum Gasteiger partial charge on any atom is 0.276 e. The average molecular weight is 248 g/mol. The Morgan fingerprint density at radius 3 is 2.69 bits per heavy atom. The van der Waals surface area contributed by atoms with E-state index in [1.165, 1.54) is 6.20 Å². The highest BCUT2D eigenvalue weighted by atomic mass is 32.2. The molecule has 0 amide bonds. The van der Waals surface area contributed by atoms with Crippen LogP contribution in [0.25, 0.3) is 0 Å². The zero-order chi connectivity index (χ0) is 12.2. The molecule has 0 bridgehead atoms. The highest BCUT2D eigenvalue weighted by Crippen LogP contribution is 2.18. The molecule has 0 fully saturated rings. The van der Waals surface area contributed by atoms with Crippen molar-refractivity contribution in [2.45, 2.75) is 18.2 Å². The van der Waals surface area contributed by atoms with Crippen LogP contribution >= 0.6 is 0 Å². The summed E-state index contributed by atoms with van der Waals surface area (Å²) in [5.41, 5.74) is 10.7. The van der Waals surface area contributed by atoms with E-state index in [1.807, 2.05) is 0 Å². The minimum atomic E-state index is -4.23. The van der Waals surface area contributed by atoms with E-state index in [1.54, 1.807) is 10.8 Å². The summed E-state index contributed by atoms with van der Waals surface area (Å²) >= 11 is 0. The maximum absolute atomic E-state index is 11.1. The van der Waals surface area contributed by atoms with Crippen LogP contribution in [0.5, 0.6) is 0 Å². The van der Waals surface area contributed by atoms with Crippen LogP contribution in [0.3, 0.4) is 0 Å². The highest BCUT2D eigenvalue weighted by Gasteiger charge is 2.27. The van der Waals surface area contributed by atoms with Crippen molar-refractivity contribution in [1.82, 2.24) is 9.55 Å². The predicted octanol–water partition coefficient (Wildman–Crippen LogP) is -0.880. The molecule has 92 valence electrons. The predicted molar refractivity (Wildman–Crippen MR) is 59.2 cm³/mol. The molecule has 1 aromatic heterocycles. The monoisotopic (exact) mass is 248 g/mol. The summed E-state index contributed by atoms with van der Waals surface area (Å²) in [5, 5.41) is -1.18. The molecule has 0 aromatic carbocycles. The minimum Gasteiger partial charge on any atom is -0.334 e. The number of imidazole rings is 1. The summed E-state index contributed by atoms with van der Waals surface area (Å²) in [4.78, 5) is 3.91. The number of nitrogens with two attached hydrogens (primary N) is 2. The van der Waals surface area contributed by atoms with Gasteiger partial charge < -0.3 is 16.0 Å². The Hall–Kier alpha value is -0.960. The van der Waals surface area contributed by atoms with E-state index >= 15 is 0 Å². The lowest BCUT2D eigenvalue weighted by Gasteiger charge is -2.13. The van der Waals surface area contributed by atoms with Gasteiger partial charge in [0.1, 0.15) is 5.82 Å². The number of rotatable bonds is 6. The van der Waals surface area contributed by atoms with Gasteiger partial charge in [0.2, 0.25) is 0 Å². The third kappa shape index (κ3) is 3.01. The van der Waals surface area contributed by atoms with Crippen LogP contribution in [-0.2, 0) is 16.7 Å². The number of nitrogens with zero attached hydrogens (tertiary/aromatic N) is 2. The Morgan fingerprint density at radius 2 is 2.19 bits per heavy atom. The molecule has 7 nitrogen and oxygen atoms in total. The van der Waals surface area contributed by atoms with Gasteiger partial charge in [-0.1, -0.05) is 0 Å². The van der Waals surface area contributed by atoms with Crippen molar-refractivity contribution in [2.75, 3.05) is 13.1 Å². The first-order valence-corrected chi connectivity index (χ1v) is 6.38. The van der Waals surface area contributed by atoms with Crippen molar-refractivity contribution in [3.05, 3.63) is 18.2 Å². The lowest BCUT2D eigenvalue weighted by molar-refractivity contribution is 0.462. The van der Waals surface area contributed by atoms with E-state index in [9.17, 15) is 8.42 Å². The van der Waals surface area contributed by atoms with Gasteiger partial charge in [0.05, 0.1) is 0 Å². The highest BCUT2D eigenvalue weighted by molar-refractivity contribution is 7.86. The molecule has 0 saturated heterocycles. The summed E-state index contributed by atoms with van der Waals surface area (Å²) in [6, 6.07) is 0. The van der Waals surface area contributed by atoms with Crippen LogP contribution in [0.1, 0.15) is 17.5 Å². The molecular formula is C8H16N4O3S. The van der Waals surface area contributed by atoms with Gasteiger partial charge in [-0.25, -0.2) is 4.98 Å². The Labute approximate surface area is 94.2 Å². The Morgan fingerprint density at radius 1 is 1.50 bits per heavy atom. The van der Waals surface area contributed by atoms with Gasteiger partial charge in [-0.3, -0.25) is 4.55 Å². The van der Waals surface area contributed by atoms with Crippen LogP contribution in [0.2, 0.25) is 0 Å². The fourth-order valence-corrected chi connectivity index (χ4v) is 2.13.